The van der Waals surface area contributed by atoms with Crippen molar-refractivity contribution in [3.8, 4) is 5.75 Å². The predicted molar refractivity (Wildman–Crippen MR) is 139 cm³/mol. The summed E-state index contributed by atoms with van der Waals surface area (Å²) in [6, 6.07) is 5.55. The van der Waals surface area contributed by atoms with Gasteiger partial charge in [-0.15, -0.1) is 0 Å². The maximum Gasteiger partial charge on any atom is 0.298 e. The third-order valence-corrected chi connectivity index (χ3v) is 9.26. The fourth-order valence-electron chi connectivity index (χ4n) is 4.94. The van der Waals surface area contributed by atoms with Crippen LogP contribution in [-0.4, -0.2) is 49.8 Å². The van der Waals surface area contributed by atoms with Crippen LogP contribution in [0.25, 0.3) is 32.3 Å². The number of ketones is 1. The molecular formula is C24H24O11S3. The molecule has 4 rings (SSSR count). The Bertz CT molecular complexity index is 1870. The molecule has 4 N–H and O–H groups in total. The molecule has 0 amide bonds. The Morgan fingerprint density at radius 1 is 0.684 bits per heavy atom. The molecule has 11 nitrogen and oxygen atoms in total. The molecule has 0 saturated heterocycles. The lowest BCUT2D eigenvalue weighted by Gasteiger charge is -2.19. The minimum Gasteiger partial charge on any atom is -0.505 e. The van der Waals surface area contributed by atoms with Gasteiger partial charge in [-0.3, -0.25) is 18.5 Å². The number of carbonyl (C=O) groups is 1. The molecule has 14 heteroatoms. The van der Waals surface area contributed by atoms with Gasteiger partial charge >= 0.3 is 0 Å². The summed E-state index contributed by atoms with van der Waals surface area (Å²) >= 11 is 0. The Hall–Kier alpha value is -2.88. The van der Waals surface area contributed by atoms with Crippen LogP contribution in [-0.2, 0) is 30.4 Å². The zero-order valence-corrected chi connectivity index (χ0v) is 22.5. The highest BCUT2D eigenvalue weighted by Gasteiger charge is 2.33. The second-order valence-corrected chi connectivity index (χ2v) is 13.1. The maximum atomic E-state index is 13.2. The van der Waals surface area contributed by atoms with Crippen LogP contribution in [0.1, 0.15) is 55.8 Å². The predicted octanol–water partition coefficient (Wildman–Crippen LogP) is 4.57. The summed E-state index contributed by atoms with van der Waals surface area (Å²) in [6.07, 6.45) is 4.19. The van der Waals surface area contributed by atoms with Crippen molar-refractivity contribution in [2.24, 2.45) is 0 Å². The Labute approximate surface area is 218 Å². The van der Waals surface area contributed by atoms with E-state index in [0.29, 0.717) is 6.42 Å². The lowest BCUT2D eigenvalue weighted by atomic mass is 9.89. The number of carbonyl (C=O) groups excluding carboxylic acids is 1. The topological polar surface area (TPSA) is 200 Å². The molecule has 0 bridgehead atoms. The molecular weight excluding hydrogens is 560 g/mol. The van der Waals surface area contributed by atoms with Gasteiger partial charge in [0.2, 0.25) is 0 Å². The summed E-state index contributed by atoms with van der Waals surface area (Å²) in [5.41, 5.74) is -0.107. The maximum absolute atomic E-state index is 13.2. The number of phenolic OH excluding ortho intramolecular Hbond substituents is 1. The van der Waals surface area contributed by atoms with Gasteiger partial charge in [-0.25, -0.2) is 0 Å². The summed E-state index contributed by atoms with van der Waals surface area (Å²) in [5, 5.41) is 9.34. The summed E-state index contributed by atoms with van der Waals surface area (Å²) in [5.74, 6) is -1.89. The van der Waals surface area contributed by atoms with Crippen LogP contribution < -0.4 is 0 Å². The van der Waals surface area contributed by atoms with E-state index in [1.54, 1.807) is 0 Å². The fraction of sp³-hybridized carbons (Fsp3) is 0.292. The minimum atomic E-state index is -5.29. The number of Topliss-reactive ketones (excluding diaryl/α,β-unsaturated/α-hetero) is 1. The first-order valence-corrected chi connectivity index (χ1v) is 15.9. The van der Waals surface area contributed by atoms with Gasteiger partial charge in [0.1, 0.15) is 14.7 Å². The monoisotopic (exact) mass is 584 g/mol. The molecule has 0 heterocycles. The highest BCUT2D eigenvalue weighted by atomic mass is 32.2. The average molecular weight is 585 g/mol. The lowest BCUT2D eigenvalue weighted by Crippen LogP contribution is -2.09. The number of unbranched alkanes of at least 4 members (excludes halogenated alkanes) is 4. The molecule has 0 atom stereocenters. The van der Waals surface area contributed by atoms with Crippen molar-refractivity contribution in [1.29, 1.82) is 0 Å². The van der Waals surface area contributed by atoms with E-state index in [4.69, 9.17) is 0 Å². The van der Waals surface area contributed by atoms with Crippen LogP contribution in [0.5, 0.6) is 5.75 Å². The molecule has 0 fully saturated rings. The molecule has 4 aromatic carbocycles. The molecule has 0 unspecified atom stereocenters. The van der Waals surface area contributed by atoms with Gasteiger partial charge in [0.25, 0.3) is 30.4 Å². The van der Waals surface area contributed by atoms with Gasteiger partial charge < -0.3 is 5.11 Å². The van der Waals surface area contributed by atoms with Crippen LogP contribution in [0, 0.1) is 0 Å². The summed E-state index contributed by atoms with van der Waals surface area (Å²) in [4.78, 5) is 10.1. The average Bonchev–Trinajstić information content (AvgIpc) is 2.78. The fourth-order valence-corrected chi connectivity index (χ4v) is 7.31. The Morgan fingerprint density at radius 2 is 1.16 bits per heavy atom. The first-order chi connectivity index (χ1) is 17.6. The molecule has 0 spiro atoms. The molecule has 204 valence electrons. The first-order valence-electron chi connectivity index (χ1n) is 11.5. The minimum absolute atomic E-state index is 0.0475. The molecule has 0 aliphatic rings. The largest absolute Gasteiger partial charge is 0.505 e. The van der Waals surface area contributed by atoms with E-state index in [2.05, 4.69) is 0 Å². The van der Waals surface area contributed by atoms with Crippen molar-refractivity contribution < 1.29 is 48.8 Å². The van der Waals surface area contributed by atoms with E-state index in [1.165, 1.54) is 6.07 Å². The van der Waals surface area contributed by atoms with Crippen molar-refractivity contribution >= 4 is 68.5 Å². The molecule has 0 radical (unpaired) electrons. The van der Waals surface area contributed by atoms with E-state index in [1.807, 2.05) is 6.92 Å². The highest BCUT2D eigenvalue weighted by Crippen LogP contribution is 2.47. The van der Waals surface area contributed by atoms with Gasteiger partial charge in [-0.05, 0) is 23.3 Å². The molecule has 0 saturated carbocycles. The van der Waals surface area contributed by atoms with Gasteiger partial charge in [0.05, 0.1) is 0 Å². The molecule has 0 aliphatic heterocycles. The van der Waals surface area contributed by atoms with Crippen molar-refractivity contribution in [2.45, 2.75) is 60.1 Å². The second-order valence-electron chi connectivity index (χ2n) is 9.01. The van der Waals surface area contributed by atoms with Gasteiger partial charge in [-0.2, -0.15) is 25.3 Å². The quantitative estimate of drug-likeness (QED) is 0.0880. The van der Waals surface area contributed by atoms with E-state index >= 15 is 0 Å². The Balaban J connectivity index is 2.18. The number of phenols is 1. The molecule has 4 aromatic rings. The standard InChI is InChI=1S/C24H24O11S3/c1-2-3-4-5-6-7-18(25)17-12-19(36(27,28)29)14-9-11-16-21-15(10-8-13(17)20(14)21)23(37(30,31)32)22(26)24(16)38(33,34)35/h8-12,26H,2-7H2,1H3,(H,27,28,29)(H,30,31,32)(H,33,34,35). The van der Waals surface area contributed by atoms with E-state index < -0.39 is 67.3 Å². The zero-order chi connectivity index (χ0) is 28.2. The van der Waals surface area contributed by atoms with Gasteiger partial charge in [0.15, 0.2) is 11.5 Å². The summed E-state index contributed by atoms with van der Waals surface area (Å²) in [6.45, 7) is 2.04. The van der Waals surface area contributed by atoms with Crippen LogP contribution in [0.15, 0.2) is 45.0 Å². The SMILES string of the molecule is CCCCCCCC(=O)c1cc(S(=O)(=O)O)c2ccc3c(S(=O)(=O)O)c(O)c(S(=O)(=O)O)c4ccc1c2c43. The zero-order valence-electron chi connectivity index (χ0n) is 20.0. The Morgan fingerprint density at radius 3 is 1.66 bits per heavy atom. The third-order valence-electron chi connectivity index (χ3n) is 6.51. The van der Waals surface area contributed by atoms with Gasteiger partial charge in [0, 0.05) is 33.5 Å². The van der Waals surface area contributed by atoms with Crippen LogP contribution in [0.2, 0.25) is 0 Å². The third kappa shape index (κ3) is 4.83. The van der Waals surface area contributed by atoms with E-state index in [0.717, 1.165) is 49.9 Å². The molecule has 38 heavy (non-hydrogen) atoms. The normalized spacial score (nSPS) is 13.2. The summed E-state index contributed by atoms with van der Waals surface area (Å²) in [7, 11) is -15.5. The number of aromatic hydroxyl groups is 1. The molecule has 0 aromatic heterocycles. The van der Waals surface area contributed by atoms with Crippen molar-refractivity contribution in [3.63, 3.8) is 0 Å². The van der Waals surface area contributed by atoms with Gasteiger partial charge in [-0.1, -0.05) is 56.9 Å². The van der Waals surface area contributed by atoms with E-state index in [-0.39, 0.29) is 33.5 Å². The summed E-state index contributed by atoms with van der Waals surface area (Å²) < 4.78 is 103. The Kier molecular flexibility index (Phi) is 7.18. The van der Waals surface area contributed by atoms with Crippen molar-refractivity contribution in [3.05, 3.63) is 35.9 Å². The number of rotatable bonds is 10. The number of hydrogen-bond donors (Lipinski definition) is 4. The molecule has 0 aliphatic carbocycles. The number of benzene rings is 4. The lowest BCUT2D eigenvalue weighted by molar-refractivity contribution is 0.0980. The second kappa shape index (κ2) is 9.70. The van der Waals surface area contributed by atoms with Crippen LogP contribution >= 0.6 is 0 Å². The number of hydrogen-bond acceptors (Lipinski definition) is 8. The van der Waals surface area contributed by atoms with Crippen LogP contribution in [0.3, 0.4) is 0 Å². The smallest absolute Gasteiger partial charge is 0.298 e. The highest BCUT2D eigenvalue weighted by molar-refractivity contribution is 7.87. The van der Waals surface area contributed by atoms with Crippen molar-refractivity contribution in [1.82, 2.24) is 0 Å². The first kappa shape index (κ1) is 28.1. The van der Waals surface area contributed by atoms with E-state index in [9.17, 15) is 48.8 Å². The van der Waals surface area contributed by atoms with Crippen LogP contribution in [0.4, 0.5) is 0 Å². The van der Waals surface area contributed by atoms with Crippen molar-refractivity contribution in [2.75, 3.05) is 0 Å².